The lowest BCUT2D eigenvalue weighted by atomic mass is 9.83. The number of carbonyl (C=O) groups excluding carboxylic acids is 2. The zero-order valence-corrected chi connectivity index (χ0v) is 20.2. The summed E-state index contributed by atoms with van der Waals surface area (Å²) < 4.78 is 56.1. The van der Waals surface area contributed by atoms with Crippen molar-refractivity contribution in [2.45, 2.75) is 42.9 Å². The van der Waals surface area contributed by atoms with Crippen LogP contribution < -0.4 is 0 Å². The van der Waals surface area contributed by atoms with E-state index in [-0.39, 0.29) is 41.9 Å². The summed E-state index contributed by atoms with van der Waals surface area (Å²) in [5.41, 5.74) is 1.54. The number of rotatable bonds is 5. The number of Topliss-reactive ketones (excluding diaryl/α,β-unsaturated/α-hetero) is 1. The Balaban J connectivity index is 1.47. The molecule has 0 aliphatic carbocycles. The quantitative estimate of drug-likeness (QED) is 0.219. The van der Waals surface area contributed by atoms with Crippen molar-refractivity contribution in [3.63, 3.8) is 0 Å². The molecule has 1 unspecified atom stereocenters. The molecule has 0 aromatic heterocycles. The van der Waals surface area contributed by atoms with Crippen LogP contribution in [0.4, 0.5) is 17.6 Å². The number of ether oxygens (including phenoxy) is 1. The van der Waals surface area contributed by atoms with E-state index in [4.69, 9.17) is 27.9 Å². The number of amides is 1. The van der Waals surface area contributed by atoms with Crippen LogP contribution in [0.3, 0.4) is 0 Å². The van der Waals surface area contributed by atoms with Crippen LogP contribution in [0.2, 0.25) is 10.0 Å². The van der Waals surface area contributed by atoms with Gasteiger partial charge in [0.05, 0.1) is 29.7 Å². The van der Waals surface area contributed by atoms with Gasteiger partial charge in [0, 0.05) is 16.7 Å². The van der Waals surface area contributed by atoms with Gasteiger partial charge in [0.25, 0.3) is 0 Å². The number of carbonyl (C=O) groups is 2. The third kappa shape index (κ3) is 4.80. The molecule has 11 heteroatoms. The van der Waals surface area contributed by atoms with Crippen LogP contribution in [0.5, 0.6) is 0 Å². The SMILES string of the molecule is CC(S)(CC(=O)c1ccc2c(c1)COC21CN(C(=O)CC(F)(F)F)C1)c1cc(Cl)c(F)c(Cl)c1. The standard InChI is InChI=1S/C23H19Cl2F4NO3S/c1-21(34,14-5-16(24)20(26)17(25)6-14)7-18(31)12-2-3-15-13(4-12)9-33-22(15)10-30(11-22)19(32)8-23(27,28)29/h2-6,34H,7-11H2,1H3. The van der Waals surface area contributed by atoms with E-state index >= 15 is 0 Å². The number of thiol groups is 1. The molecular formula is C23H19Cl2F4NO3S. The fraction of sp³-hybridized carbons (Fsp3) is 0.391. The molecule has 0 N–H and O–H groups in total. The van der Waals surface area contributed by atoms with Gasteiger partial charge in [-0.25, -0.2) is 4.39 Å². The predicted octanol–water partition coefficient (Wildman–Crippen LogP) is 6.07. The summed E-state index contributed by atoms with van der Waals surface area (Å²) in [6.45, 7) is 1.94. The van der Waals surface area contributed by atoms with E-state index in [1.165, 1.54) is 12.1 Å². The number of alkyl halides is 3. The Kier molecular flexibility index (Phi) is 6.46. The Bertz CT molecular complexity index is 1160. The molecule has 182 valence electrons. The number of ketones is 1. The van der Waals surface area contributed by atoms with E-state index in [0.717, 1.165) is 16.0 Å². The molecule has 0 radical (unpaired) electrons. The van der Waals surface area contributed by atoms with Crippen LogP contribution in [-0.4, -0.2) is 35.9 Å². The van der Waals surface area contributed by atoms with Gasteiger partial charge in [-0.15, -0.1) is 0 Å². The molecule has 1 saturated heterocycles. The Hall–Kier alpha value is -1.81. The highest BCUT2D eigenvalue weighted by molar-refractivity contribution is 7.81. The van der Waals surface area contributed by atoms with E-state index in [1.54, 1.807) is 25.1 Å². The molecule has 4 rings (SSSR count). The Labute approximate surface area is 208 Å². The number of fused-ring (bicyclic) bond motifs is 2. The molecule has 0 saturated carbocycles. The molecule has 1 atom stereocenters. The van der Waals surface area contributed by atoms with Crippen LogP contribution in [0, 0.1) is 5.82 Å². The van der Waals surface area contributed by atoms with E-state index in [9.17, 15) is 27.2 Å². The molecule has 34 heavy (non-hydrogen) atoms. The van der Waals surface area contributed by atoms with E-state index < -0.39 is 34.7 Å². The molecule has 1 fully saturated rings. The number of likely N-dealkylation sites (tertiary alicyclic amines) is 1. The Morgan fingerprint density at radius 1 is 1.12 bits per heavy atom. The Morgan fingerprint density at radius 2 is 1.74 bits per heavy atom. The second kappa shape index (κ2) is 8.69. The number of benzene rings is 2. The molecule has 4 nitrogen and oxygen atoms in total. The molecule has 2 aromatic rings. The number of hydrogen-bond donors (Lipinski definition) is 1. The van der Waals surface area contributed by atoms with Crippen LogP contribution in [0.15, 0.2) is 30.3 Å². The molecule has 1 spiro atoms. The minimum Gasteiger partial charge on any atom is -0.362 e. The van der Waals surface area contributed by atoms with Crippen LogP contribution in [0.1, 0.15) is 46.8 Å². The maximum Gasteiger partial charge on any atom is 0.397 e. The van der Waals surface area contributed by atoms with Gasteiger partial charge in [0.1, 0.15) is 12.0 Å². The van der Waals surface area contributed by atoms with Gasteiger partial charge in [-0.2, -0.15) is 25.8 Å². The highest BCUT2D eigenvalue weighted by Gasteiger charge is 2.52. The topological polar surface area (TPSA) is 46.6 Å². The van der Waals surface area contributed by atoms with Crippen LogP contribution in [-0.2, 0) is 26.5 Å². The van der Waals surface area contributed by atoms with E-state index in [0.29, 0.717) is 11.1 Å². The lowest BCUT2D eigenvalue weighted by Crippen LogP contribution is -2.61. The third-order valence-corrected chi connectivity index (χ3v) is 7.10. The summed E-state index contributed by atoms with van der Waals surface area (Å²) in [5, 5.41) is -0.336. The average Bonchev–Trinajstić information content (AvgIpc) is 3.08. The molecule has 2 aliphatic rings. The minimum atomic E-state index is -4.56. The van der Waals surface area contributed by atoms with Gasteiger partial charge in [-0.3, -0.25) is 9.59 Å². The molecule has 2 heterocycles. The van der Waals surface area contributed by atoms with Crippen molar-refractivity contribution in [1.29, 1.82) is 0 Å². The smallest absolute Gasteiger partial charge is 0.362 e. The number of nitrogens with zero attached hydrogens (tertiary/aromatic N) is 1. The van der Waals surface area contributed by atoms with Crippen molar-refractivity contribution in [3.8, 4) is 0 Å². The zero-order valence-electron chi connectivity index (χ0n) is 17.8. The van der Waals surface area contributed by atoms with Crippen LogP contribution in [0.25, 0.3) is 0 Å². The first kappa shape index (κ1) is 25.3. The second-order valence-electron chi connectivity index (χ2n) is 8.82. The van der Waals surface area contributed by atoms with Crippen molar-refractivity contribution in [2.24, 2.45) is 0 Å². The largest absolute Gasteiger partial charge is 0.397 e. The molecule has 1 amide bonds. The first-order chi connectivity index (χ1) is 15.7. The molecule has 2 aliphatic heterocycles. The number of hydrogen-bond acceptors (Lipinski definition) is 4. The summed E-state index contributed by atoms with van der Waals surface area (Å²) >= 11 is 16.3. The van der Waals surface area contributed by atoms with Gasteiger partial charge in [0.2, 0.25) is 5.91 Å². The van der Waals surface area contributed by atoms with Crippen molar-refractivity contribution in [3.05, 3.63) is 68.4 Å². The average molecular weight is 536 g/mol. The van der Waals surface area contributed by atoms with Gasteiger partial charge in [0.15, 0.2) is 11.6 Å². The highest BCUT2D eigenvalue weighted by atomic mass is 35.5. The maximum absolute atomic E-state index is 13.8. The fourth-order valence-corrected chi connectivity index (χ4v) is 5.06. The maximum atomic E-state index is 13.8. The van der Waals surface area contributed by atoms with Gasteiger partial charge >= 0.3 is 6.18 Å². The fourth-order valence-electron chi connectivity index (χ4n) is 4.30. The molecule has 2 aromatic carbocycles. The highest BCUT2D eigenvalue weighted by Crippen LogP contribution is 2.45. The summed E-state index contributed by atoms with van der Waals surface area (Å²) in [7, 11) is 0. The minimum absolute atomic E-state index is 0.0289. The normalized spacial score (nSPS) is 18.4. The lowest BCUT2D eigenvalue weighted by Gasteiger charge is -2.47. The molecular weight excluding hydrogens is 517 g/mol. The number of halogens is 6. The van der Waals surface area contributed by atoms with E-state index in [1.807, 2.05) is 0 Å². The lowest BCUT2D eigenvalue weighted by molar-refractivity contribution is -0.185. The molecule has 0 bridgehead atoms. The van der Waals surface area contributed by atoms with Crippen LogP contribution >= 0.6 is 35.8 Å². The van der Waals surface area contributed by atoms with Crippen molar-refractivity contribution >= 4 is 47.5 Å². The Morgan fingerprint density at radius 3 is 2.32 bits per heavy atom. The monoisotopic (exact) mass is 535 g/mol. The van der Waals surface area contributed by atoms with E-state index in [2.05, 4.69) is 12.6 Å². The third-order valence-electron chi connectivity index (χ3n) is 6.13. The zero-order chi connectivity index (χ0) is 25.1. The summed E-state index contributed by atoms with van der Waals surface area (Å²) in [4.78, 5) is 25.9. The summed E-state index contributed by atoms with van der Waals surface area (Å²) in [5.74, 6) is -1.96. The first-order valence-corrected chi connectivity index (χ1v) is 11.4. The first-order valence-electron chi connectivity index (χ1n) is 10.2. The van der Waals surface area contributed by atoms with Gasteiger partial charge in [-0.05, 0) is 41.8 Å². The van der Waals surface area contributed by atoms with Crippen molar-refractivity contribution in [1.82, 2.24) is 4.90 Å². The predicted molar refractivity (Wildman–Crippen MR) is 122 cm³/mol. The summed E-state index contributed by atoms with van der Waals surface area (Å²) in [6, 6.07) is 7.77. The van der Waals surface area contributed by atoms with Gasteiger partial charge < -0.3 is 9.64 Å². The van der Waals surface area contributed by atoms with Crippen molar-refractivity contribution in [2.75, 3.05) is 13.1 Å². The van der Waals surface area contributed by atoms with Crippen molar-refractivity contribution < 1.29 is 31.9 Å². The second-order valence-corrected chi connectivity index (χ2v) is 10.6. The summed E-state index contributed by atoms with van der Waals surface area (Å²) in [6.07, 6.45) is -6.09. The van der Waals surface area contributed by atoms with Gasteiger partial charge in [-0.1, -0.05) is 35.3 Å².